The molecule has 2 saturated heterocycles. The topological polar surface area (TPSA) is 405 Å². The van der Waals surface area contributed by atoms with Gasteiger partial charge in [0.2, 0.25) is 0 Å². The molecular formula is C88H128Cl2F2N16O20. The van der Waals surface area contributed by atoms with E-state index in [1.807, 2.05) is 34.9 Å². The number of likely N-dealkylation sites (N-methyl/N-ethyl adjacent to an activating group) is 2. The minimum atomic E-state index is -0.894. The van der Waals surface area contributed by atoms with Gasteiger partial charge < -0.3 is 98.9 Å². The summed E-state index contributed by atoms with van der Waals surface area (Å²) in [6.07, 6.45) is 11.7. The van der Waals surface area contributed by atoms with Crippen molar-refractivity contribution in [3.63, 3.8) is 0 Å². The highest BCUT2D eigenvalue weighted by Crippen LogP contribution is 2.25. The van der Waals surface area contributed by atoms with Gasteiger partial charge in [-0.15, -0.1) is 10.2 Å². The number of carboxylic acids is 1. The number of carboxylic acid groups (broad SMARTS) is 1. The molecule has 7 N–H and O–H groups in total. The average molecular weight is 1840 g/mol. The molecule has 128 heavy (non-hydrogen) atoms. The molecule has 6 amide bonds. The van der Waals surface area contributed by atoms with Crippen LogP contribution in [0.4, 0.5) is 20.2 Å². The molecule has 6 aromatic rings. The second kappa shape index (κ2) is 61.4. The number of carbonyl (C=O) groups excluding carboxylic acids is 7. The number of hydrogen-bond acceptors (Lipinski definition) is 27. The van der Waals surface area contributed by atoms with Gasteiger partial charge in [0, 0.05) is 74.9 Å². The maximum atomic E-state index is 14.0. The Morgan fingerprint density at radius 1 is 0.438 bits per heavy atom. The van der Waals surface area contributed by atoms with Gasteiger partial charge in [-0.3, -0.25) is 48.2 Å². The van der Waals surface area contributed by atoms with Gasteiger partial charge >= 0.3 is 35.6 Å². The lowest BCUT2D eigenvalue weighted by atomic mass is 10.0. The molecule has 0 radical (unpaired) electrons. The summed E-state index contributed by atoms with van der Waals surface area (Å²) < 4.78 is 91.8. The van der Waals surface area contributed by atoms with E-state index < -0.39 is 58.6 Å². The number of rotatable bonds is 60. The number of anilines is 2. The number of halogens is 4. The molecule has 2 aliphatic rings. The Kier molecular flexibility index (Phi) is 50.8. The van der Waals surface area contributed by atoms with E-state index in [0.29, 0.717) is 220 Å². The van der Waals surface area contributed by atoms with Crippen molar-refractivity contribution in [3.05, 3.63) is 152 Å². The second-order valence-corrected chi connectivity index (χ2v) is 32.2. The van der Waals surface area contributed by atoms with E-state index in [1.54, 1.807) is 58.2 Å². The monoisotopic (exact) mass is 1840 g/mol. The lowest BCUT2D eigenvalue weighted by Gasteiger charge is -2.27. The Morgan fingerprint density at radius 2 is 0.805 bits per heavy atom. The smallest absolute Gasteiger partial charge is 0.309 e. The van der Waals surface area contributed by atoms with Crippen molar-refractivity contribution in [2.75, 3.05) is 209 Å². The van der Waals surface area contributed by atoms with E-state index in [9.17, 15) is 47.1 Å². The second-order valence-electron chi connectivity index (χ2n) is 31.4. The Labute approximate surface area is 757 Å². The number of aliphatic carboxylic acids is 1. The summed E-state index contributed by atoms with van der Waals surface area (Å²) in [6.45, 7) is 22.9. The van der Waals surface area contributed by atoms with Crippen LogP contribution in [0.1, 0.15) is 139 Å². The van der Waals surface area contributed by atoms with Crippen LogP contribution in [-0.2, 0) is 133 Å². The van der Waals surface area contributed by atoms with Gasteiger partial charge in [0.05, 0.1) is 181 Å². The lowest BCUT2D eigenvalue weighted by molar-refractivity contribution is -0.156. The van der Waals surface area contributed by atoms with Gasteiger partial charge in [-0.25, -0.2) is 18.1 Å². The molecule has 0 bridgehead atoms. The summed E-state index contributed by atoms with van der Waals surface area (Å²) in [6, 6.07) is 18.5. The summed E-state index contributed by atoms with van der Waals surface area (Å²) in [5.74, 6) is -6.15. The highest BCUT2D eigenvalue weighted by Gasteiger charge is 2.23. The predicted octanol–water partition coefficient (Wildman–Crippen LogP) is 7.50. The van der Waals surface area contributed by atoms with Crippen LogP contribution in [0.15, 0.2) is 85.2 Å². The number of aromatic nitrogens is 6. The maximum Gasteiger partial charge on any atom is 0.309 e. The molecule has 4 aromatic carbocycles. The predicted molar refractivity (Wildman–Crippen MR) is 472 cm³/mol. The number of nitrogens with zero attached hydrogens (tertiary/aromatic N) is 10. The van der Waals surface area contributed by atoms with E-state index >= 15 is 0 Å². The summed E-state index contributed by atoms with van der Waals surface area (Å²) in [4.78, 5) is 108. The highest BCUT2D eigenvalue weighted by atomic mass is 35.5. The van der Waals surface area contributed by atoms with E-state index in [-0.39, 0.29) is 66.5 Å². The molecular weight excluding hydrogens is 1710 g/mol. The van der Waals surface area contributed by atoms with Crippen LogP contribution in [0.3, 0.4) is 0 Å². The van der Waals surface area contributed by atoms with E-state index in [2.05, 4.69) is 72.1 Å². The zero-order chi connectivity index (χ0) is 91.9. The SMILES string of the molecule is CN(CCCNC(=O)C(=O)NCc1ccc(C(=O)Nc2ccc(Cl)c(F)c2)cc1CN1CCCCC1)CCOCCOCCOCc1cn(CCOCCOCCC(=O)O)nn1.CN(CCCNC(=O)C(=O)NCc1ccc(C(=O)Nc2ccc(Cl)c(F)c2)cc1CN1CCCCC1)CCOCCOCCOCc1cn(CCOCCOCCC(=O)OC(C)(C)C)nn1. The largest absolute Gasteiger partial charge is 0.481 e. The first-order chi connectivity index (χ1) is 61.8. The van der Waals surface area contributed by atoms with E-state index in [1.165, 1.54) is 37.1 Å². The quantitative estimate of drug-likeness (QED) is 0.0110. The van der Waals surface area contributed by atoms with Crippen LogP contribution in [0.2, 0.25) is 10.0 Å². The van der Waals surface area contributed by atoms with Crippen molar-refractivity contribution in [3.8, 4) is 0 Å². The van der Waals surface area contributed by atoms with Crippen LogP contribution in [0, 0.1) is 11.6 Å². The molecule has 40 heteroatoms. The molecule has 0 spiro atoms. The maximum absolute atomic E-state index is 14.0. The number of hydrogen-bond donors (Lipinski definition) is 7. The first-order valence-electron chi connectivity index (χ1n) is 43.5. The third-order valence-corrected chi connectivity index (χ3v) is 20.3. The van der Waals surface area contributed by atoms with Gasteiger partial charge in [-0.05, 0) is 196 Å². The Morgan fingerprint density at radius 3 is 1.20 bits per heavy atom. The van der Waals surface area contributed by atoms with Gasteiger partial charge in [-0.1, -0.05) is 58.6 Å². The van der Waals surface area contributed by atoms with Crippen LogP contribution < -0.4 is 31.9 Å². The van der Waals surface area contributed by atoms with Gasteiger partial charge in [0.25, 0.3) is 11.8 Å². The van der Waals surface area contributed by atoms with Crippen LogP contribution in [-0.4, -0.2) is 306 Å². The number of esters is 1. The van der Waals surface area contributed by atoms with Crippen molar-refractivity contribution in [1.29, 1.82) is 0 Å². The number of amides is 6. The van der Waals surface area contributed by atoms with Gasteiger partial charge in [0.1, 0.15) is 28.6 Å². The first kappa shape index (κ1) is 106. The standard InChI is InChI=1S/C46H68ClFN8O10.C42H60ClFN8O10/c1-46(2,3)66-42(57)13-20-61-23-24-63-22-19-56-33-39(52-53-56)34-65-28-27-64-26-25-62-21-18-54(4)15-8-14-49-44(59)45(60)50-31-36-10-9-35(29-37(36)32-55-16-6-5-7-17-55)43(58)51-38-11-12-40(47)41(48)30-38;1-50(15-18-59-22-23-61-24-25-62-31-36-30-52(49-48-36)16-19-60-21-20-58-17-10-39(53)54)12-5-11-45-41(56)42(57)46-28-33-7-6-32(26-34(33)29-51-13-3-2-4-14-51)40(55)47-35-8-9-37(43)38(44)27-35/h9-12,29-30,33H,5-8,13-28,31-32,34H2,1-4H3,(H,49,59)(H,50,60)(H,51,58);6-9,26-27,30H,2-5,10-25,28-29,31H2,1H3,(H,45,56)(H,46,57)(H,47,55)(H,53,54). The van der Waals surface area contributed by atoms with E-state index in [0.717, 1.165) is 86.2 Å². The van der Waals surface area contributed by atoms with Crippen molar-refractivity contribution in [2.24, 2.45) is 0 Å². The Bertz CT molecular complexity index is 4310. The molecule has 708 valence electrons. The number of piperidine rings is 2. The molecule has 4 heterocycles. The highest BCUT2D eigenvalue weighted by molar-refractivity contribution is 6.35. The normalized spacial score (nSPS) is 13.1. The Hall–Kier alpha value is -9.20. The molecule has 2 aliphatic heterocycles. The number of likely N-dealkylation sites (tertiary alicyclic amines) is 2. The fourth-order valence-electron chi connectivity index (χ4n) is 12.8. The molecule has 2 aromatic heterocycles. The fourth-order valence-corrected chi connectivity index (χ4v) is 13.0. The molecule has 36 nitrogen and oxygen atoms in total. The van der Waals surface area contributed by atoms with Crippen molar-refractivity contribution >= 4 is 82.0 Å². The van der Waals surface area contributed by atoms with Crippen molar-refractivity contribution < 1.29 is 104 Å². The minimum absolute atomic E-state index is 0.0288. The van der Waals surface area contributed by atoms with Crippen LogP contribution >= 0.6 is 23.2 Å². The van der Waals surface area contributed by atoms with Crippen LogP contribution in [0.25, 0.3) is 0 Å². The number of carbonyl (C=O) groups is 8. The molecule has 0 saturated carbocycles. The van der Waals surface area contributed by atoms with Gasteiger partial charge in [-0.2, -0.15) is 0 Å². The molecule has 2 fully saturated rings. The molecule has 0 unspecified atom stereocenters. The summed E-state index contributed by atoms with van der Waals surface area (Å²) in [7, 11) is 3.92. The summed E-state index contributed by atoms with van der Waals surface area (Å²) >= 11 is 11.6. The fraction of sp³-hybridized carbons (Fsp3) is 0.591. The van der Waals surface area contributed by atoms with Crippen LogP contribution in [0.5, 0.6) is 0 Å². The number of nitrogens with one attached hydrogen (secondary N) is 6. The molecule has 0 atom stereocenters. The summed E-state index contributed by atoms with van der Waals surface area (Å²) in [5, 5.41) is 41.0. The van der Waals surface area contributed by atoms with E-state index in [4.69, 9.17) is 80.4 Å². The van der Waals surface area contributed by atoms with Gasteiger partial charge in [0.15, 0.2) is 0 Å². The Balaban J connectivity index is 0.000000351. The lowest BCUT2D eigenvalue weighted by Crippen LogP contribution is -2.40. The summed E-state index contributed by atoms with van der Waals surface area (Å²) in [5.41, 5.74) is 5.55. The van der Waals surface area contributed by atoms with Crippen molar-refractivity contribution in [1.82, 2.24) is 70.9 Å². The third kappa shape index (κ3) is 45.4. The minimum Gasteiger partial charge on any atom is -0.481 e. The first-order valence-corrected chi connectivity index (χ1v) is 44.3. The number of benzene rings is 4. The average Bonchev–Trinajstić information content (AvgIpc) is 0.849. The third-order valence-electron chi connectivity index (χ3n) is 19.7. The zero-order valence-corrected chi connectivity index (χ0v) is 75.8. The van der Waals surface area contributed by atoms with Crippen molar-refractivity contribution in [2.45, 2.75) is 143 Å². The molecule has 8 rings (SSSR count). The molecule has 0 aliphatic carbocycles. The zero-order valence-electron chi connectivity index (χ0n) is 74.3. The number of ether oxygens (including phenoxy) is 11.